The number of hydrogen-bond donors (Lipinski definition) is 0. The van der Waals surface area contributed by atoms with Crippen LogP contribution in [0.15, 0.2) is 12.1 Å². The summed E-state index contributed by atoms with van der Waals surface area (Å²) in [7, 11) is 0. The van der Waals surface area contributed by atoms with Gasteiger partial charge in [-0.3, -0.25) is 0 Å². The first-order chi connectivity index (χ1) is 7.00. The fourth-order valence-corrected chi connectivity index (χ4v) is 1.36. The number of hydrogen-bond acceptors (Lipinski definition) is 2. The Morgan fingerprint density at radius 2 is 1.88 bits per heavy atom. The zero-order valence-corrected chi connectivity index (χ0v) is 12.7. The molecule has 1 aliphatic rings. The van der Waals surface area contributed by atoms with Crippen molar-refractivity contribution in [1.82, 2.24) is 0 Å². The van der Waals surface area contributed by atoms with Gasteiger partial charge in [-0.25, -0.2) is 0 Å². The van der Waals surface area contributed by atoms with E-state index >= 15 is 0 Å². The van der Waals surface area contributed by atoms with Crippen molar-refractivity contribution < 1.29 is 73.8 Å². The Labute approximate surface area is 136 Å². The normalized spacial score (nSPS) is 17.9. The zero-order valence-electron chi connectivity index (χ0n) is 9.55. The second-order valence-corrected chi connectivity index (χ2v) is 3.80. The van der Waals surface area contributed by atoms with Crippen molar-refractivity contribution in [1.29, 1.82) is 0 Å². The Morgan fingerprint density at radius 3 is 2.38 bits per heavy atom. The van der Waals surface area contributed by atoms with E-state index in [4.69, 9.17) is 9.47 Å². The molecule has 16 heavy (non-hydrogen) atoms. The zero-order chi connectivity index (χ0) is 11.3. The molecule has 0 saturated carbocycles. The van der Waals surface area contributed by atoms with Crippen molar-refractivity contribution in [2.75, 3.05) is 26.4 Å². The molecule has 0 unspecified atom stereocenters. The smallest absolute Gasteiger partial charge is 0.445 e. The second kappa shape index (κ2) is 8.29. The Balaban J connectivity index is 0.00000225. The average molecular weight is 262 g/mol. The average Bonchev–Trinajstić information content (AvgIpc) is 2.18. The fourth-order valence-electron chi connectivity index (χ4n) is 1.36. The summed E-state index contributed by atoms with van der Waals surface area (Å²) in [5, 5.41) is 0. The molecule has 0 aliphatic carbocycles. The molecule has 0 aromatic heterocycles. The first-order valence-corrected chi connectivity index (χ1v) is 5.03. The summed E-state index contributed by atoms with van der Waals surface area (Å²) in [6.07, 6.45) is 1.73. The van der Waals surface area contributed by atoms with E-state index in [1.54, 1.807) is 0 Å². The Kier molecular flexibility index (Phi) is 8.88. The summed E-state index contributed by atoms with van der Waals surface area (Å²) in [5.74, 6) is 0.326. The molecule has 0 amide bonds. The molecule has 7 heteroatoms. The van der Waals surface area contributed by atoms with Crippen molar-refractivity contribution in [3.05, 3.63) is 12.1 Å². The van der Waals surface area contributed by atoms with Gasteiger partial charge < -0.3 is 22.4 Å². The summed E-state index contributed by atoms with van der Waals surface area (Å²) in [5.41, 5.74) is -0.762. The van der Waals surface area contributed by atoms with E-state index in [9.17, 15) is 12.9 Å². The fraction of sp³-hybridized carbons (Fsp3) is 0.778. The van der Waals surface area contributed by atoms with Crippen LogP contribution < -0.4 is 51.4 Å². The first kappa shape index (κ1) is 17.2. The maximum Gasteiger partial charge on any atom is 1.00 e. The van der Waals surface area contributed by atoms with Gasteiger partial charge in [-0.2, -0.15) is 0 Å². The van der Waals surface area contributed by atoms with Gasteiger partial charge in [0.1, 0.15) is 0 Å². The van der Waals surface area contributed by atoms with Crippen molar-refractivity contribution in [3.8, 4) is 0 Å². The van der Waals surface area contributed by atoms with Crippen LogP contribution in [0.25, 0.3) is 0 Å². The molecule has 0 aromatic carbocycles. The summed E-state index contributed by atoms with van der Waals surface area (Å²) in [6, 6.07) is 0. The van der Waals surface area contributed by atoms with Crippen LogP contribution in [-0.2, 0) is 9.47 Å². The maximum atomic E-state index is 12.1. The van der Waals surface area contributed by atoms with E-state index in [1.807, 2.05) is 0 Å². The Bertz CT molecular complexity index is 217. The Hall–Kier alpha value is 1.15. The van der Waals surface area contributed by atoms with Crippen molar-refractivity contribution in [2.45, 2.75) is 12.8 Å². The van der Waals surface area contributed by atoms with Gasteiger partial charge in [-0.1, -0.05) is 0 Å². The second-order valence-electron chi connectivity index (χ2n) is 3.80. The van der Waals surface area contributed by atoms with Crippen LogP contribution in [0, 0.1) is 5.92 Å². The predicted molar refractivity (Wildman–Crippen MR) is 52.6 cm³/mol. The van der Waals surface area contributed by atoms with Crippen molar-refractivity contribution in [2.24, 2.45) is 5.92 Å². The van der Waals surface area contributed by atoms with E-state index < -0.39 is 19.1 Å². The SMILES string of the molecule is C=C(COCC1CCOCC1)[B-](F)(F)F.[K+]. The molecule has 1 rings (SSSR count). The van der Waals surface area contributed by atoms with Crippen LogP contribution in [0.5, 0.6) is 0 Å². The molecule has 1 fully saturated rings. The summed E-state index contributed by atoms with van der Waals surface area (Å²) in [4.78, 5) is 0. The number of halogens is 3. The molecule has 2 nitrogen and oxygen atoms in total. The van der Waals surface area contributed by atoms with Crippen LogP contribution >= 0.6 is 0 Å². The minimum Gasteiger partial charge on any atom is -0.445 e. The molecule has 1 aliphatic heterocycles. The molecule has 0 aromatic rings. The molecule has 0 bridgehead atoms. The van der Waals surface area contributed by atoms with E-state index in [1.165, 1.54) is 0 Å². The standard InChI is InChI=1S/C9H15BF3O2.K/c1-8(10(11,12)13)6-15-7-9-2-4-14-5-3-9;/h9H,1-7H2;/q-1;+1. The monoisotopic (exact) mass is 262 g/mol. The van der Waals surface area contributed by atoms with E-state index in [0.29, 0.717) is 25.7 Å². The topological polar surface area (TPSA) is 18.5 Å². The van der Waals surface area contributed by atoms with Gasteiger partial charge in [0.15, 0.2) is 0 Å². The Morgan fingerprint density at radius 1 is 1.31 bits per heavy atom. The van der Waals surface area contributed by atoms with E-state index in [2.05, 4.69) is 6.58 Å². The number of rotatable bonds is 5. The van der Waals surface area contributed by atoms with Gasteiger partial charge in [0.25, 0.3) is 0 Å². The van der Waals surface area contributed by atoms with Crippen LogP contribution in [0.2, 0.25) is 0 Å². The molecule has 1 saturated heterocycles. The predicted octanol–water partition coefficient (Wildman–Crippen LogP) is -0.624. The van der Waals surface area contributed by atoms with Gasteiger partial charge in [-0.05, 0) is 18.8 Å². The van der Waals surface area contributed by atoms with E-state index in [0.717, 1.165) is 12.8 Å². The molecule has 88 valence electrons. The molecule has 0 N–H and O–H groups in total. The van der Waals surface area contributed by atoms with Crippen LogP contribution in [0.3, 0.4) is 0 Å². The first-order valence-electron chi connectivity index (χ1n) is 5.03. The van der Waals surface area contributed by atoms with Gasteiger partial charge in [0, 0.05) is 26.4 Å². The molecular formula is C9H15BF3KO2. The van der Waals surface area contributed by atoms with Gasteiger partial charge in [0.2, 0.25) is 0 Å². The summed E-state index contributed by atoms with van der Waals surface area (Å²) < 4.78 is 46.4. The minimum atomic E-state index is -4.95. The van der Waals surface area contributed by atoms with Crippen LogP contribution in [-0.4, -0.2) is 33.4 Å². The van der Waals surface area contributed by atoms with Crippen molar-refractivity contribution in [3.63, 3.8) is 0 Å². The van der Waals surface area contributed by atoms with Gasteiger partial charge >= 0.3 is 58.4 Å². The third-order valence-electron chi connectivity index (χ3n) is 2.44. The molecular weight excluding hydrogens is 247 g/mol. The maximum absolute atomic E-state index is 12.1. The third kappa shape index (κ3) is 6.78. The van der Waals surface area contributed by atoms with E-state index in [-0.39, 0.29) is 51.4 Å². The summed E-state index contributed by atoms with van der Waals surface area (Å²) in [6.45, 7) is -0.660. The molecule has 0 spiro atoms. The van der Waals surface area contributed by atoms with Gasteiger partial charge in [-0.15, -0.1) is 12.1 Å². The minimum absolute atomic E-state index is 0. The van der Waals surface area contributed by atoms with Crippen molar-refractivity contribution >= 4 is 6.98 Å². The quantitative estimate of drug-likeness (QED) is 0.615. The molecule has 0 atom stereocenters. The van der Waals surface area contributed by atoms with Gasteiger partial charge in [0.05, 0.1) is 0 Å². The summed E-state index contributed by atoms with van der Waals surface area (Å²) >= 11 is 0. The molecule has 0 radical (unpaired) electrons. The third-order valence-corrected chi connectivity index (χ3v) is 2.44. The molecule has 1 heterocycles. The van der Waals surface area contributed by atoms with Crippen LogP contribution in [0.1, 0.15) is 12.8 Å². The number of ether oxygens (including phenoxy) is 2. The van der Waals surface area contributed by atoms with Crippen LogP contribution in [0.4, 0.5) is 12.9 Å². The largest absolute Gasteiger partial charge is 1.00 e.